The molecule has 220 valence electrons. The Balaban J connectivity index is 1.33. The van der Waals surface area contributed by atoms with Crippen LogP contribution in [0.2, 0.25) is 0 Å². The summed E-state index contributed by atoms with van der Waals surface area (Å²) in [7, 11) is 0. The zero-order chi connectivity index (χ0) is 29.3. The topological polar surface area (TPSA) is 88.1 Å². The molecule has 2 aromatic rings. The minimum absolute atomic E-state index is 0.236. The van der Waals surface area contributed by atoms with Crippen molar-refractivity contribution in [2.75, 3.05) is 19.6 Å². The molecule has 1 amide bonds. The summed E-state index contributed by atoms with van der Waals surface area (Å²) in [6, 6.07) is 12.5. The molecule has 7 nitrogen and oxygen atoms in total. The number of likely N-dealkylation sites (tertiary alicyclic amines) is 1. The molecule has 0 aromatic heterocycles. The van der Waals surface area contributed by atoms with E-state index in [1.54, 1.807) is 12.1 Å². The van der Waals surface area contributed by atoms with Crippen LogP contribution < -0.4 is 14.8 Å². The van der Waals surface area contributed by atoms with Gasteiger partial charge in [0.1, 0.15) is 11.5 Å². The normalized spacial score (nSPS) is 26.8. The highest BCUT2D eigenvalue weighted by Crippen LogP contribution is 2.52. The largest absolute Gasteiger partial charge is 0.573 e. The van der Waals surface area contributed by atoms with Crippen LogP contribution in [-0.2, 0) is 15.0 Å². The van der Waals surface area contributed by atoms with Crippen LogP contribution in [0.25, 0.3) is 6.08 Å². The molecule has 0 spiro atoms. The smallest absolute Gasteiger partial charge is 0.427 e. The zero-order valence-electron chi connectivity index (χ0n) is 23.0. The quantitative estimate of drug-likeness (QED) is 0.264. The summed E-state index contributed by atoms with van der Waals surface area (Å²) in [6.45, 7) is 3.68. The molecule has 1 aliphatic heterocycles. The van der Waals surface area contributed by atoms with Crippen molar-refractivity contribution in [2.45, 2.75) is 68.9 Å². The second-order valence-corrected chi connectivity index (χ2v) is 11.6. The van der Waals surface area contributed by atoms with E-state index in [1.165, 1.54) is 50.1 Å². The van der Waals surface area contributed by atoms with Crippen molar-refractivity contribution >= 4 is 18.0 Å². The number of ether oxygens (including phenoxy) is 2. The van der Waals surface area contributed by atoms with E-state index in [0.29, 0.717) is 49.5 Å². The van der Waals surface area contributed by atoms with Crippen LogP contribution in [-0.4, -0.2) is 59.5 Å². The number of β-amino-alcohol motifs (C(OH)–C–C–N with tert-alkyl or cyclic N) is 1. The van der Waals surface area contributed by atoms with Crippen LogP contribution in [0.1, 0.15) is 56.6 Å². The number of esters is 1. The molecule has 5 rings (SSSR count). The number of hydrogen-bond acceptors (Lipinski definition) is 6. The number of fused-ring (bicyclic) bond motifs is 1. The summed E-state index contributed by atoms with van der Waals surface area (Å²) in [4.78, 5) is 26.9. The maximum atomic E-state index is 12.9. The maximum Gasteiger partial charge on any atom is 0.573 e. The van der Waals surface area contributed by atoms with Crippen LogP contribution in [0.4, 0.5) is 13.2 Å². The molecule has 0 radical (unpaired) electrons. The van der Waals surface area contributed by atoms with E-state index in [-0.39, 0.29) is 17.7 Å². The number of halogens is 3. The van der Waals surface area contributed by atoms with Gasteiger partial charge in [0.25, 0.3) is 0 Å². The minimum atomic E-state index is -4.80. The van der Waals surface area contributed by atoms with Gasteiger partial charge in [-0.2, -0.15) is 0 Å². The van der Waals surface area contributed by atoms with Gasteiger partial charge in [-0.1, -0.05) is 24.3 Å². The lowest BCUT2D eigenvalue weighted by Gasteiger charge is -2.58. The van der Waals surface area contributed by atoms with Crippen molar-refractivity contribution in [3.8, 4) is 11.5 Å². The van der Waals surface area contributed by atoms with Crippen molar-refractivity contribution in [3.05, 3.63) is 65.7 Å². The molecule has 10 heteroatoms. The lowest BCUT2D eigenvalue weighted by Crippen LogP contribution is -2.67. The third-order valence-corrected chi connectivity index (χ3v) is 8.46. The molecule has 1 saturated heterocycles. The molecule has 3 aliphatic rings. The summed E-state index contributed by atoms with van der Waals surface area (Å²) < 4.78 is 47.0. The predicted molar refractivity (Wildman–Crippen MR) is 146 cm³/mol. The van der Waals surface area contributed by atoms with E-state index in [2.05, 4.69) is 15.0 Å². The number of aliphatic hydroxyl groups is 1. The number of hydrogen-bond donors (Lipinski definition) is 2. The molecule has 41 heavy (non-hydrogen) atoms. The average Bonchev–Trinajstić information content (AvgIpc) is 3.71. The van der Waals surface area contributed by atoms with Gasteiger partial charge in [0.2, 0.25) is 5.91 Å². The van der Waals surface area contributed by atoms with E-state index in [9.17, 15) is 27.9 Å². The summed E-state index contributed by atoms with van der Waals surface area (Å²) >= 11 is 0. The number of amides is 1. The molecule has 3 fully saturated rings. The second-order valence-electron chi connectivity index (χ2n) is 11.6. The standard InChI is InChI=1S/C31H35F3N2O5/c1-21(37)40-26-6-3-5-24(17-26)29-14-15-36(19-23-8-9-23)20-30(29,39)13-12-25(18-29)35-28(38)11-10-22-4-2-7-27(16-22)41-31(32,33)34/h2-7,10-11,16-17,23,25,39H,8-9,12-15,18-20H2,1H3,(H,35,38). The molecule has 2 saturated carbocycles. The first-order valence-corrected chi connectivity index (χ1v) is 14.0. The number of rotatable bonds is 8. The van der Waals surface area contributed by atoms with Gasteiger partial charge < -0.3 is 24.8 Å². The molecular weight excluding hydrogens is 537 g/mol. The molecule has 3 unspecified atom stereocenters. The van der Waals surface area contributed by atoms with Crippen LogP contribution in [0.5, 0.6) is 11.5 Å². The number of piperidine rings is 1. The SMILES string of the molecule is CC(=O)Oc1cccc(C23CCN(CC4CC4)CC2(O)CCC(NC(=O)C=Cc2cccc(OC(F)(F)F)c2)C3)c1. The summed E-state index contributed by atoms with van der Waals surface area (Å²) in [5, 5.41) is 15.3. The van der Waals surface area contributed by atoms with Gasteiger partial charge in [0, 0.05) is 37.5 Å². The van der Waals surface area contributed by atoms with Crippen molar-refractivity contribution in [3.63, 3.8) is 0 Å². The molecule has 3 atom stereocenters. The van der Waals surface area contributed by atoms with Gasteiger partial charge in [0.15, 0.2) is 0 Å². The molecule has 0 bridgehead atoms. The van der Waals surface area contributed by atoms with Gasteiger partial charge in [0.05, 0.1) is 5.60 Å². The van der Waals surface area contributed by atoms with E-state index in [0.717, 1.165) is 18.7 Å². The molecular formula is C31H35F3N2O5. The van der Waals surface area contributed by atoms with Crippen LogP contribution in [0, 0.1) is 5.92 Å². The van der Waals surface area contributed by atoms with Gasteiger partial charge >= 0.3 is 12.3 Å². The Morgan fingerprint density at radius 1 is 1.10 bits per heavy atom. The number of benzene rings is 2. The fraction of sp³-hybridized carbons (Fsp3) is 0.484. The highest BCUT2D eigenvalue weighted by atomic mass is 19.4. The van der Waals surface area contributed by atoms with Gasteiger partial charge in [-0.25, -0.2) is 0 Å². The number of carbonyl (C=O) groups is 2. The van der Waals surface area contributed by atoms with Crippen LogP contribution >= 0.6 is 0 Å². The van der Waals surface area contributed by atoms with Crippen LogP contribution in [0.15, 0.2) is 54.6 Å². The zero-order valence-corrected chi connectivity index (χ0v) is 23.0. The Morgan fingerprint density at radius 2 is 1.85 bits per heavy atom. The molecule has 1 heterocycles. The molecule has 2 aromatic carbocycles. The first-order valence-electron chi connectivity index (χ1n) is 14.0. The van der Waals surface area contributed by atoms with E-state index >= 15 is 0 Å². The lowest BCUT2D eigenvalue weighted by atomic mass is 9.55. The van der Waals surface area contributed by atoms with E-state index in [4.69, 9.17) is 4.74 Å². The second kappa shape index (κ2) is 11.5. The Labute approximate surface area is 237 Å². The number of nitrogens with one attached hydrogen (secondary N) is 1. The highest BCUT2D eigenvalue weighted by molar-refractivity contribution is 5.92. The van der Waals surface area contributed by atoms with Crippen LogP contribution in [0.3, 0.4) is 0 Å². The van der Waals surface area contributed by atoms with Crippen molar-refractivity contribution in [1.29, 1.82) is 0 Å². The fourth-order valence-corrected chi connectivity index (χ4v) is 6.46. The summed E-state index contributed by atoms with van der Waals surface area (Å²) in [6.07, 6.45) is 2.63. The van der Waals surface area contributed by atoms with Gasteiger partial charge in [-0.15, -0.1) is 13.2 Å². The number of alkyl halides is 3. The monoisotopic (exact) mass is 572 g/mol. The Morgan fingerprint density at radius 3 is 2.59 bits per heavy atom. The molecule has 2 aliphatic carbocycles. The third-order valence-electron chi connectivity index (χ3n) is 8.46. The first kappa shape index (κ1) is 29.1. The number of carbonyl (C=O) groups excluding carboxylic acids is 2. The van der Waals surface area contributed by atoms with Gasteiger partial charge in [-0.3, -0.25) is 9.59 Å². The van der Waals surface area contributed by atoms with Crippen molar-refractivity contribution < 1.29 is 37.3 Å². The predicted octanol–water partition coefficient (Wildman–Crippen LogP) is 4.98. The minimum Gasteiger partial charge on any atom is -0.427 e. The lowest BCUT2D eigenvalue weighted by molar-refractivity contribution is -0.274. The fourth-order valence-electron chi connectivity index (χ4n) is 6.46. The van der Waals surface area contributed by atoms with E-state index < -0.39 is 23.3 Å². The highest BCUT2D eigenvalue weighted by Gasteiger charge is 2.58. The summed E-state index contributed by atoms with van der Waals surface area (Å²) in [5.41, 5.74) is -0.417. The van der Waals surface area contributed by atoms with Crippen molar-refractivity contribution in [1.82, 2.24) is 10.2 Å². The Hall–Kier alpha value is -3.37. The maximum absolute atomic E-state index is 12.9. The Bertz CT molecular complexity index is 1310. The average molecular weight is 573 g/mol. The van der Waals surface area contributed by atoms with E-state index in [1.807, 2.05) is 18.2 Å². The van der Waals surface area contributed by atoms with Gasteiger partial charge in [-0.05, 0) is 92.5 Å². The first-order chi connectivity index (χ1) is 19.4. The summed E-state index contributed by atoms with van der Waals surface area (Å²) in [5.74, 6) is -0.0557. The third kappa shape index (κ3) is 7.11. The number of nitrogens with zero attached hydrogens (tertiary/aromatic N) is 1. The Kier molecular flexibility index (Phi) is 8.16. The van der Waals surface area contributed by atoms with Crippen molar-refractivity contribution in [2.24, 2.45) is 5.92 Å². The molecule has 2 N–H and O–H groups in total.